The van der Waals surface area contributed by atoms with Crippen LogP contribution in [0.25, 0.3) is 27.6 Å². The molecule has 0 saturated carbocycles. The summed E-state index contributed by atoms with van der Waals surface area (Å²) in [4.78, 5) is 9.58. The Labute approximate surface area is 276 Å². The Hall–Kier alpha value is -5.49. The fraction of sp³-hybridized carbons (Fsp3) is 0.195. The van der Waals surface area contributed by atoms with E-state index in [9.17, 15) is 0 Å². The van der Waals surface area contributed by atoms with Gasteiger partial charge in [-0.1, -0.05) is 57.2 Å². The maximum absolute atomic E-state index is 6.64. The minimum atomic E-state index is -0.338. The summed E-state index contributed by atoms with van der Waals surface area (Å²) in [6.07, 6.45) is 7.85. The van der Waals surface area contributed by atoms with Gasteiger partial charge in [0.05, 0.1) is 22.4 Å². The number of aromatic nitrogens is 2. The molecule has 2 aromatic heterocycles. The van der Waals surface area contributed by atoms with E-state index in [-0.39, 0.29) is 11.6 Å². The van der Waals surface area contributed by atoms with Gasteiger partial charge in [0.25, 0.3) is 0 Å². The standard InChI is InChI=1S/C41H39N5O/c1-27-20-28(2)22-31(21-27)45-26-44(36-12-8-9-13-37(36)45)30-17-19-43-40(24-30)47-32-14-15-34-33-10-6-7-11-35(33)46(38(34)25-32)39-23-29(16-18-42-39)41(3,4)5/h6-25,40,43H,26H2,1-5H3. The highest BCUT2D eigenvalue weighted by Gasteiger charge is 2.30. The van der Waals surface area contributed by atoms with E-state index in [2.05, 4.69) is 164 Å². The lowest BCUT2D eigenvalue weighted by Crippen LogP contribution is -2.35. The number of fused-ring (bicyclic) bond motifs is 4. The molecule has 0 saturated heterocycles. The zero-order valence-corrected chi connectivity index (χ0v) is 27.5. The van der Waals surface area contributed by atoms with Crippen molar-refractivity contribution in [3.63, 3.8) is 0 Å². The van der Waals surface area contributed by atoms with Gasteiger partial charge in [-0.15, -0.1) is 0 Å². The zero-order chi connectivity index (χ0) is 32.3. The van der Waals surface area contributed by atoms with Gasteiger partial charge in [-0.2, -0.15) is 0 Å². The van der Waals surface area contributed by atoms with Crippen LogP contribution in [0.2, 0.25) is 0 Å². The van der Waals surface area contributed by atoms with Gasteiger partial charge in [-0.05, 0) is 96.6 Å². The molecule has 6 nitrogen and oxygen atoms in total. The van der Waals surface area contributed by atoms with Crippen molar-refractivity contribution >= 4 is 38.9 Å². The summed E-state index contributed by atoms with van der Waals surface area (Å²) < 4.78 is 8.89. The van der Waals surface area contributed by atoms with Crippen molar-refractivity contribution in [2.24, 2.45) is 0 Å². The van der Waals surface area contributed by atoms with E-state index in [0.29, 0.717) is 0 Å². The maximum atomic E-state index is 6.64. The number of nitrogens with one attached hydrogen (secondary N) is 1. The second-order valence-electron chi connectivity index (χ2n) is 13.6. The number of ether oxygens (including phenoxy) is 1. The lowest BCUT2D eigenvalue weighted by atomic mass is 9.88. The largest absolute Gasteiger partial charge is 0.467 e. The Morgan fingerprint density at radius 1 is 0.766 bits per heavy atom. The van der Waals surface area contributed by atoms with Crippen molar-refractivity contribution in [3.8, 4) is 11.6 Å². The number of pyridine rings is 1. The number of hydrogen-bond acceptors (Lipinski definition) is 5. The van der Waals surface area contributed by atoms with E-state index < -0.39 is 0 Å². The minimum Gasteiger partial charge on any atom is -0.467 e. The Bertz CT molecular complexity index is 2200. The first kappa shape index (κ1) is 28.9. The molecule has 1 atom stereocenters. The molecule has 2 aliphatic rings. The minimum absolute atomic E-state index is 0.0147. The van der Waals surface area contributed by atoms with Crippen LogP contribution in [0.1, 0.15) is 37.5 Å². The molecular weight excluding hydrogens is 578 g/mol. The fourth-order valence-electron chi connectivity index (χ4n) is 6.92. The summed E-state index contributed by atoms with van der Waals surface area (Å²) in [6, 6.07) is 34.6. The lowest BCUT2D eigenvalue weighted by molar-refractivity contribution is 0.226. The second-order valence-corrected chi connectivity index (χ2v) is 13.6. The molecule has 6 aromatic rings. The van der Waals surface area contributed by atoms with Crippen molar-refractivity contribution in [3.05, 3.63) is 144 Å². The number of dihydropyridines is 1. The topological polar surface area (TPSA) is 45.6 Å². The SMILES string of the molecule is Cc1cc(C)cc(N2CN(C3=CC(Oc4ccc5c6ccccc6n(-c6cc(C(C)(C)C)ccn6)c5c4)NC=C3)c3ccccc32)c1. The summed E-state index contributed by atoms with van der Waals surface area (Å²) in [5, 5.41) is 5.77. The summed E-state index contributed by atoms with van der Waals surface area (Å²) in [7, 11) is 0. The number of benzene rings is 4. The van der Waals surface area contributed by atoms with E-state index in [4.69, 9.17) is 9.72 Å². The third-order valence-electron chi connectivity index (χ3n) is 9.16. The van der Waals surface area contributed by atoms with Gasteiger partial charge in [0, 0.05) is 46.7 Å². The summed E-state index contributed by atoms with van der Waals surface area (Å²) in [5.41, 5.74) is 10.6. The highest BCUT2D eigenvalue weighted by atomic mass is 16.5. The molecule has 47 heavy (non-hydrogen) atoms. The summed E-state index contributed by atoms with van der Waals surface area (Å²) in [6.45, 7) is 11.7. The number of aryl methyl sites for hydroxylation is 2. The fourth-order valence-corrected chi connectivity index (χ4v) is 6.92. The second kappa shape index (κ2) is 11.1. The van der Waals surface area contributed by atoms with Crippen molar-refractivity contribution in [1.29, 1.82) is 0 Å². The van der Waals surface area contributed by atoms with Gasteiger partial charge in [0.2, 0.25) is 0 Å². The highest BCUT2D eigenvalue weighted by Crippen LogP contribution is 2.43. The van der Waals surface area contributed by atoms with Gasteiger partial charge in [0.15, 0.2) is 6.23 Å². The molecule has 0 bridgehead atoms. The van der Waals surface area contributed by atoms with Crippen molar-refractivity contribution < 1.29 is 4.74 Å². The van der Waals surface area contributed by atoms with Crippen LogP contribution < -0.4 is 19.9 Å². The normalized spacial score (nSPS) is 16.0. The van der Waals surface area contributed by atoms with E-state index in [1.54, 1.807) is 0 Å². The van der Waals surface area contributed by atoms with E-state index in [1.807, 2.05) is 12.4 Å². The Morgan fingerprint density at radius 2 is 1.49 bits per heavy atom. The van der Waals surface area contributed by atoms with E-state index in [0.717, 1.165) is 35.0 Å². The number of hydrogen-bond donors (Lipinski definition) is 1. The van der Waals surface area contributed by atoms with Gasteiger partial charge in [-0.25, -0.2) is 4.98 Å². The van der Waals surface area contributed by atoms with Crippen LogP contribution in [0.4, 0.5) is 17.1 Å². The van der Waals surface area contributed by atoms with Crippen molar-refractivity contribution in [2.45, 2.75) is 46.3 Å². The van der Waals surface area contributed by atoms with E-state index in [1.165, 1.54) is 44.5 Å². The van der Waals surface area contributed by atoms with Gasteiger partial charge in [-0.3, -0.25) is 4.57 Å². The molecule has 234 valence electrons. The Balaban J connectivity index is 1.14. The van der Waals surface area contributed by atoms with Crippen molar-refractivity contribution in [1.82, 2.24) is 14.9 Å². The molecule has 8 rings (SSSR count). The molecule has 4 aromatic carbocycles. The average Bonchev–Trinajstić information content (AvgIpc) is 3.60. The molecule has 0 fully saturated rings. The first-order chi connectivity index (χ1) is 22.7. The van der Waals surface area contributed by atoms with Crippen LogP contribution in [0.3, 0.4) is 0 Å². The first-order valence-corrected chi connectivity index (χ1v) is 16.3. The quantitative estimate of drug-likeness (QED) is 0.209. The zero-order valence-electron chi connectivity index (χ0n) is 27.5. The molecule has 0 amide bonds. The molecule has 0 spiro atoms. The van der Waals surface area contributed by atoms with E-state index >= 15 is 0 Å². The van der Waals surface area contributed by atoms with Gasteiger partial charge < -0.3 is 19.9 Å². The highest BCUT2D eigenvalue weighted by molar-refractivity contribution is 6.09. The number of anilines is 3. The monoisotopic (exact) mass is 617 g/mol. The van der Waals surface area contributed by atoms with Crippen LogP contribution in [0, 0.1) is 13.8 Å². The third kappa shape index (κ3) is 5.20. The summed E-state index contributed by atoms with van der Waals surface area (Å²) in [5.74, 6) is 1.69. The van der Waals surface area contributed by atoms with Crippen LogP contribution in [-0.2, 0) is 5.41 Å². The molecule has 1 unspecified atom stereocenters. The smallest absolute Gasteiger partial charge is 0.191 e. The molecule has 4 heterocycles. The molecule has 6 heteroatoms. The summed E-state index contributed by atoms with van der Waals surface area (Å²) >= 11 is 0. The first-order valence-electron chi connectivity index (χ1n) is 16.3. The maximum Gasteiger partial charge on any atom is 0.191 e. The van der Waals surface area contributed by atoms with Crippen molar-refractivity contribution in [2.75, 3.05) is 16.5 Å². The van der Waals surface area contributed by atoms with Crippen LogP contribution >= 0.6 is 0 Å². The lowest BCUT2D eigenvalue weighted by Gasteiger charge is -2.27. The molecule has 2 aliphatic heterocycles. The van der Waals surface area contributed by atoms with Crippen LogP contribution in [0.5, 0.6) is 5.75 Å². The van der Waals surface area contributed by atoms with Crippen LogP contribution in [-0.4, -0.2) is 22.4 Å². The molecule has 1 N–H and O–H groups in total. The van der Waals surface area contributed by atoms with Crippen LogP contribution in [0.15, 0.2) is 127 Å². The number of para-hydroxylation sites is 3. The third-order valence-corrected chi connectivity index (χ3v) is 9.16. The number of allylic oxidation sites excluding steroid dienone is 1. The molecular formula is C41H39N5O. The predicted molar refractivity (Wildman–Crippen MR) is 194 cm³/mol. The number of rotatable bonds is 5. The molecule has 0 aliphatic carbocycles. The van der Waals surface area contributed by atoms with Gasteiger partial charge in [0.1, 0.15) is 18.2 Å². The Morgan fingerprint density at radius 3 is 2.28 bits per heavy atom. The Kier molecular flexibility index (Phi) is 6.83. The predicted octanol–water partition coefficient (Wildman–Crippen LogP) is 9.41. The number of nitrogens with zero attached hydrogens (tertiary/aromatic N) is 4. The van der Waals surface area contributed by atoms with Gasteiger partial charge >= 0.3 is 0 Å². The molecule has 0 radical (unpaired) electrons. The average molecular weight is 618 g/mol.